The van der Waals surface area contributed by atoms with Crippen LogP contribution in [-0.4, -0.2) is 45.5 Å². The molecule has 1 heterocycles. The monoisotopic (exact) mass is 286 g/mol. The molecule has 1 aromatic rings. The van der Waals surface area contributed by atoms with Crippen LogP contribution >= 0.6 is 11.6 Å². The summed E-state index contributed by atoms with van der Waals surface area (Å²) in [7, 11) is 3.18. The van der Waals surface area contributed by atoms with Gasteiger partial charge in [0.1, 0.15) is 0 Å². The van der Waals surface area contributed by atoms with Crippen molar-refractivity contribution in [3.8, 4) is 11.5 Å². The van der Waals surface area contributed by atoms with Crippen molar-refractivity contribution in [2.45, 2.75) is 6.54 Å². The van der Waals surface area contributed by atoms with Crippen molar-refractivity contribution in [3.05, 3.63) is 22.7 Å². The number of halogens is 1. The Bertz CT molecular complexity index is 423. The lowest BCUT2D eigenvalue weighted by Gasteiger charge is -2.27. The summed E-state index contributed by atoms with van der Waals surface area (Å²) < 4.78 is 15.8. The molecule has 1 aromatic carbocycles. The van der Waals surface area contributed by atoms with Crippen LogP contribution in [0.1, 0.15) is 5.56 Å². The highest BCUT2D eigenvalue weighted by Gasteiger charge is 2.14. The smallest absolute Gasteiger partial charge is 0.179 e. The Morgan fingerprint density at radius 2 is 2.00 bits per heavy atom. The summed E-state index contributed by atoms with van der Waals surface area (Å²) in [6.45, 7) is 3.92. The number of hydrogen-bond acceptors (Lipinski definition) is 5. The molecule has 6 heteroatoms. The fourth-order valence-electron chi connectivity index (χ4n) is 1.99. The number of ether oxygens (including phenoxy) is 3. The molecule has 5 nitrogen and oxygen atoms in total. The standard InChI is InChI=1S/C13H19ClN2O3/c1-17-11-4-3-10(12(14)13(11)18-2)9-15-16-5-7-19-8-6-16/h3-4,15H,5-9H2,1-2H3. The molecule has 0 saturated carbocycles. The van der Waals surface area contributed by atoms with Crippen LogP contribution in [0.2, 0.25) is 5.02 Å². The molecule has 106 valence electrons. The van der Waals surface area contributed by atoms with Crippen molar-refractivity contribution in [3.63, 3.8) is 0 Å². The molecule has 0 amide bonds. The van der Waals surface area contributed by atoms with Gasteiger partial charge in [-0.25, -0.2) is 5.01 Å². The minimum absolute atomic E-state index is 0.574. The Hall–Kier alpha value is -1.01. The number of nitrogens with one attached hydrogen (secondary N) is 1. The number of hydrogen-bond donors (Lipinski definition) is 1. The zero-order valence-corrected chi connectivity index (χ0v) is 12.0. The van der Waals surface area contributed by atoms with Gasteiger partial charge in [-0.05, 0) is 11.6 Å². The number of nitrogens with zero attached hydrogens (tertiary/aromatic N) is 1. The molecule has 19 heavy (non-hydrogen) atoms. The first-order valence-corrected chi connectivity index (χ1v) is 6.59. The zero-order valence-electron chi connectivity index (χ0n) is 11.2. The van der Waals surface area contributed by atoms with Crippen molar-refractivity contribution in [1.82, 2.24) is 10.4 Å². The molecule has 1 N–H and O–H groups in total. The van der Waals surface area contributed by atoms with Gasteiger partial charge in [-0.2, -0.15) is 0 Å². The molecule has 0 spiro atoms. The second kappa shape index (κ2) is 6.96. The van der Waals surface area contributed by atoms with E-state index < -0.39 is 0 Å². The molecule has 0 aliphatic carbocycles. The van der Waals surface area contributed by atoms with Gasteiger partial charge in [-0.15, -0.1) is 0 Å². The third-order valence-electron chi connectivity index (χ3n) is 3.07. The molecule has 2 rings (SSSR count). The predicted octanol–water partition coefficient (Wildman–Crippen LogP) is 1.69. The van der Waals surface area contributed by atoms with E-state index in [0.29, 0.717) is 23.1 Å². The Balaban J connectivity index is 2.03. The maximum absolute atomic E-state index is 6.32. The Labute approximate surface area is 118 Å². The summed E-state index contributed by atoms with van der Waals surface area (Å²) in [6.07, 6.45) is 0. The van der Waals surface area contributed by atoms with Gasteiger partial charge in [0.2, 0.25) is 0 Å². The molecule has 1 fully saturated rings. The maximum atomic E-state index is 6.32. The van der Waals surface area contributed by atoms with E-state index in [9.17, 15) is 0 Å². The lowest BCUT2D eigenvalue weighted by molar-refractivity contribution is 0.0105. The highest BCUT2D eigenvalue weighted by atomic mass is 35.5. The lowest BCUT2D eigenvalue weighted by Crippen LogP contribution is -2.45. The molecular formula is C13H19ClN2O3. The van der Waals surface area contributed by atoms with Gasteiger partial charge in [0.25, 0.3) is 0 Å². The van der Waals surface area contributed by atoms with Crippen molar-refractivity contribution in [2.24, 2.45) is 0 Å². The van der Waals surface area contributed by atoms with E-state index >= 15 is 0 Å². The van der Waals surface area contributed by atoms with Crippen LogP contribution in [0.4, 0.5) is 0 Å². The second-order valence-corrected chi connectivity index (χ2v) is 4.59. The van der Waals surface area contributed by atoms with Gasteiger partial charge < -0.3 is 14.2 Å². The summed E-state index contributed by atoms with van der Waals surface area (Å²) >= 11 is 6.32. The highest BCUT2D eigenvalue weighted by Crippen LogP contribution is 2.37. The van der Waals surface area contributed by atoms with Crippen molar-refractivity contribution in [1.29, 1.82) is 0 Å². The van der Waals surface area contributed by atoms with Gasteiger partial charge in [0, 0.05) is 19.6 Å². The van der Waals surface area contributed by atoms with Crippen LogP contribution in [0.5, 0.6) is 11.5 Å². The van der Waals surface area contributed by atoms with Crippen LogP contribution < -0.4 is 14.9 Å². The highest BCUT2D eigenvalue weighted by molar-refractivity contribution is 6.33. The van der Waals surface area contributed by atoms with Crippen molar-refractivity contribution < 1.29 is 14.2 Å². The molecular weight excluding hydrogens is 268 g/mol. The average molecular weight is 287 g/mol. The van der Waals surface area contributed by atoms with E-state index in [4.69, 9.17) is 25.8 Å². The molecule has 0 bridgehead atoms. The van der Waals surface area contributed by atoms with E-state index in [1.54, 1.807) is 14.2 Å². The average Bonchev–Trinajstić information content (AvgIpc) is 2.46. The van der Waals surface area contributed by atoms with Crippen LogP contribution in [0.25, 0.3) is 0 Å². The summed E-state index contributed by atoms with van der Waals surface area (Å²) in [5.74, 6) is 1.22. The first-order chi connectivity index (χ1) is 9.26. The number of rotatable bonds is 5. The van der Waals surface area contributed by atoms with Crippen LogP contribution in [-0.2, 0) is 11.3 Å². The molecule has 1 saturated heterocycles. The minimum Gasteiger partial charge on any atom is -0.493 e. The number of hydrazine groups is 1. The van der Waals surface area contributed by atoms with Gasteiger partial charge >= 0.3 is 0 Å². The first kappa shape index (κ1) is 14.4. The van der Waals surface area contributed by atoms with Gasteiger partial charge in [0.15, 0.2) is 11.5 Å². The fraction of sp³-hybridized carbons (Fsp3) is 0.538. The van der Waals surface area contributed by atoms with Crippen LogP contribution in [0.3, 0.4) is 0 Å². The molecule has 1 aliphatic rings. The topological polar surface area (TPSA) is 43.0 Å². The number of benzene rings is 1. The van der Waals surface area contributed by atoms with Gasteiger partial charge in [-0.3, -0.25) is 5.43 Å². The largest absolute Gasteiger partial charge is 0.493 e. The van der Waals surface area contributed by atoms with E-state index in [1.165, 1.54) is 0 Å². The van der Waals surface area contributed by atoms with E-state index in [1.807, 2.05) is 12.1 Å². The van der Waals surface area contributed by atoms with Crippen molar-refractivity contribution in [2.75, 3.05) is 40.5 Å². The summed E-state index contributed by atoms with van der Waals surface area (Å²) in [5, 5.41) is 2.72. The van der Waals surface area contributed by atoms with E-state index in [2.05, 4.69) is 10.4 Å². The Morgan fingerprint density at radius 3 is 2.63 bits per heavy atom. The third-order valence-corrected chi connectivity index (χ3v) is 3.48. The Kier molecular flexibility index (Phi) is 5.27. The molecule has 0 radical (unpaired) electrons. The SMILES string of the molecule is COc1ccc(CNN2CCOCC2)c(Cl)c1OC. The Morgan fingerprint density at radius 1 is 1.26 bits per heavy atom. The van der Waals surface area contributed by atoms with Gasteiger partial charge in [0.05, 0.1) is 32.5 Å². The first-order valence-electron chi connectivity index (χ1n) is 6.21. The predicted molar refractivity (Wildman–Crippen MR) is 73.8 cm³/mol. The van der Waals surface area contributed by atoms with E-state index in [0.717, 1.165) is 31.9 Å². The maximum Gasteiger partial charge on any atom is 0.179 e. The zero-order chi connectivity index (χ0) is 13.7. The third kappa shape index (κ3) is 3.51. The number of methoxy groups -OCH3 is 2. The van der Waals surface area contributed by atoms with E-state index in [-0.39, 0.29) is 0 Å². The summed E-state index contributed by atoms with van der Waals surface area (Å²) in [4.78, 5) is 0. The van der Waals surface area contributed by atoms with Crippen LogP contribution in [0, 0.1) is 0 Å². The molecule has 0 atom stereocenters. The van der Waals surface area contributed by atoms with Crippen molar-refractivity contribution >= 4 is 11.6 Å². The number of morpholine rings is 1. The minimum atomic E-state index is 0.574. The molecule has 1 aliphatic heterocycles. The summed E-state index contributed by atoms with van der Waals surface area (Å²) in [6, 6.07) is 3.80. The normalized spacial score (nSPS) is 16.4. The fourth-order valence-corrected chi connectivity index (χ4v) is 2.29. The van der Waals surface area contributed by atoms with Crippen LogP contribution in [0.15, 0.2) is 12.1 Å². The second-order valence-electron chi connectivity index (χ2n) is 4.21. The molecule has 0 unspecified atom stereocenters. The van der Waals surface area contributed by atoms with Gasteiger partial charge in [-0.1, -0.05) is 17.7 Å². The lowest BCUT2D eigenvalue weighted by atomic mass is 10.2. The molecule has 0 aromatic heterocycles. The summed E-state index contributed by atoms with van der Waals surface area (Å²) in [5.41, 5.74) is 4.32. The quantitative estimate of drug-likeness (QED) is 0.892.